The highest BCUT2D eigenvalue weighted by atomic mass is 16.3. The van der Waals surface area contributed by atoms with Crippen LogP contribution in [0.2, 0.25) is 0 Å². The Balaban J connectivity index is 1.66. The van der Waals surface area contributed by atoms with Crippen molar-refractivity contribution in [3.05, 3.63) is 83.9 Å². The van der Waals surface area contributed by atoms with Crippen LogP contribution in [0.1, 0.15) is 11.1 Å². The molecule has 2 N–H and O–H groups in total. The standard InChI is InChI=1S/C22H18O2/c23-21-17(11-9-15-5-1-3-7-19(15)21)13-14-18-12-10-16-6-2-4-8-20(16)22(18)24/h1-12,23-24H,13-14H2. The SMILES string of the molecule is Oc1c(CCc2ccc3ccccc3c2O)ccc2ccccc12. The Kier molecular flexibility index (Phi) is 3.58. The highest BCUT2D eigenvalue weighted by Crippen LogP contribution is 2.32. The van der Waals surface area contributed by atoms with Crippen molar-refractivity contribution >= 4 is 21.5 Å². The lowest BCUT2D eigenvalue weighted by atomic mass is 9.97. The van der Waals surface area contributed by atoms with Gasteiger partial charge in [-0.25, -0.2) is 0 Å². The van der Waals surface area contributed by atoms with Crippen LogP contribution in [0, 0.1) is 0 Å². The molecule has 0 saturated heterocycles. The van der Waals surface area contributed by atoms with Gasteiger partial charge in [0.1, 0.15) is 11.5 Å². The Morgan fingerprint density at radius 2 is 0.917 bits per heavy atom. The van der Waals surface area contributed by atoms with Crippen LogP contribution in [0.5, 0.6) is 11.5 Å². The van der Waals surface area contributed by atoms with Crippen LogP contribution < -0.4 is 0 Å². The van der Waals surface area contributed by atoms with Crippen molar-refractivity contribution in [2.75, 3.05) is 0 Å². The van der Waals surface area contributed by atoms with E-state index in [-0.39, 0.29) is 0 Å². The van der Waals surface area contributed by atoms with Gasteiger partial charge in [0.25, 0.3) is 0 Å². The summed E-state index contributed by atoms with van der Waals surface area (Å²) >= 11 is 0. The smallest absolute Gasteiger partial charge is 0.126 e. The molecule has 0 aliphatic heterocycles. The number of aromatic hydroxyl groups is 2. The van der Waals surface area contributed by atoms with E-state index in [2.05, 4.69) is 0 Å². The minimum absolute atomic E-state index is 0.341. The van der Waals surface area contributed by atoms with Crippen LogP contribution in [-0.4, -0.2) is 10.2 Å². The topological polar surface area (TPSA) is 40.5 Å². The molecule has 4 aromatic rings. The van der Waals surface area contributed by atoms with Crippen LogP contribution in [-0.2, 0) is 12.8 Å². The van der Waals surface area contributed by atoms with Gasteiger partial charge in [-0.15, -0.1) is 0 Å². The summed E-state index contributed by atoms with van der Waals surface area (Å²) in [6.45, 7) is 0. The molecular formula is C22H18O2. The zero-order chi connectivity index (χ0) is 16.5. The second-order valence-electron chi connectivity index (χ2n) is 6.09. The normalized spacial score (nSPS) is 11.2. The van der Waals surface area contributed by atoms with Crippen LogP contribution in [0.25, 0.3) is 21.5 Å². The van der Waals surface area contributed by atoms with Gasteiger partial charge in [-0.2, -0.15) is 0 Å². The highest BCUT2D eigenvalue weighted by molar-refractivity contribution is 5.90. The quantitative estimate of drug-likeness (QED) is 0.546. The van der Waals surface area contributed by atoms with E-state index in [9.17, 15) is 10.2 Å². The molecule has 0 bridgehead atoms. The van der Waals surface area contributed by atoms with E-state index in [0.717, 1.165) is 32.7 Å². The fourth-order valence-electron chi connectivity index (χ4n) is 3.27. The molecule has 118 valence electrons. The van der Waals surface area contributed by atoms with Gasteiger partial charge in [0.15, 0.2) is 0 Å². The summed E-state index contributed by atoms with van der Waals surface area (Å²) in [4.78, 5) is 0. The number of hydrogen-bond donors (Lipinski definition) is 2. The lowest BCUT2D eigenvalue weighted by Crippen LogP contribution is -1.93. The second-order valence-corrected chi connectivity index (χ2v) is 6.09. The van der Waals surface area contributed by atoms with Crippen LogP contribution in [0.15, 0.2) is 72.8 Å². The lowest BCUT2D eigenvalue weighted by molar-refractivity contribution is 0.469. The molecule has 4 rings (SSSR count). The van der Waals surface area contributed by atoms with Gasteiger partial charge in [0, 0.05) is 10.8 Å². The maximum Gasteiger partial charge on any atom is 0.126 e. The Labute approximate surface area is 140 Å². The molecule has 0 fully saturated rings. The Hall–Kier alpha value is -3.00. The summed E-state index contributed by atoms with van der Waals surface area (Å²) in [5.41, 5.74) is 1.81. The van der Waals surface area contributed by atoms with Gasteiger partial charge >= 0.3 is 0 Å². The maximum absolute atomic E-state index is 10.5. The lowest BCUT2D eigenvalue weighted by Gasteiger charge is -2.10. The molecule has 0 atom stereocenters. The molecule has 0 spiro atoms. The zero-order valence-corrected chi connectivity index (χ0v) is 13.2. The van der Waals surface area contributed by atoms with Gasteiger partial charge < -0.3 is 10.2 Å². The van der Waals surface area contributed by atoms with Gasteiger partial charge in [-0.3, -0.25) is 0 Å². The fraction of sp³-hybridized carbons (Fsp3) is 0.0909. The number of phenolic OH excluding ortho intramolecular Hbond substituents is 2. The van der Waals surface area contributed by atoms with Gasteiger partial charge in [0.2, 0.25) is 0 Å². The fourth-order valence-corrected chi connectivity index (χ4v) is 3.27. The second kappa shape index (κ2) is 5.89. The zero-order valence-electron chi connectivity index (χ0n) is 13.2. The van der Waals surface area contributed by atoms with E-state index in [4.69, 9.17) is 0 Å². The molecule has 0 saturated carbocycles. The third-order valence-corrected chi connectivity index (χ3v) is 4.63. The van der Waals surface area contributed by atoms with E-state index in [1.54, 1.807) is 0 Å². The molecule has 0 aromatic heterocycles. The number of benzene rings is 4. The van der Waals surface area contributed by atoms with Crippen molar-refractivity contribution in [1.82, 2.24) is 0 Å². The summed E-state index contributed by atoms with van der Waals surface area (Å²) < 4.78 is 0. The summed E-state index contributed by atoms with van der Waals surface area (Å²) in [6.07, 6.45) is 1.37. The van der Waals surface area contributed by atoms with Crippen molar-refractivity contribution in [2.24, 2.45) is 0 Å². The number of hydrogen-bond acceptors (Lipinski definition) is 2. The van der Waals surface area contributed by atoms with E-state index in [0.29, 0.717) is 24.3 Å². The summed E-state index contributed by atoms with van der Waals surface area (Å²) in [5.74, 6) is 0.682. The van der Waals surface area contributed by atoms with Gasteiger partial charge in [-0.1, -0.05) is 72.8 Å². The molecule has 0 heterocycles. The number of phenols is 2. The first-order valence-electron chi connectivity index (χ1n) is 8.13. The monoisotopic (exact) mass is 314 g/mol. The number of fused-ring (bicyclic) bond motifs is 2. The first kappa shape index (κ1) is 14.6. The average molecular weight is 314 g/mol. The highest BCUT2D eigenvalue weighted by Gasteiger charge is 2.09. The maximum atomic E-state index is 10.5. The summed E-state index contributed by atoms with van der Waals surface area (Å²) in [5, 5.41) is 24.8. The first-order chi connectivity index (χ1) is 11.7. The summed E-state index contributed by atoms with van der Waals surface area (Å²) in [6, 6.07) is 23.7. The van der Waals surface area contributed by atoms with E-state index in [1.165, 1.54) is 0 Å². The molecule has 0 amide bonds. The van der Waals surface area contributed by atoms with Crippen LogP contribution in [0.3, 0.4) is 0 Å². The molecule has 2 heteroatoms. The van der Waals surface area contributed by atoms with Crippen molar-refractivity contribution in [3.8, 4) is 11.5 Å². The molecule has 4 aromatic carbocycles. The molecule has 2 nitrogen and oxygen atoms in total. The van der Waals surface area contributed by atoms with Gasteiger partial charge in [-0.05, 0) is 34.7 Å². The molecule has 0 aliphatic rings. The Morgan fingerprint density at radius 3 is 1.38 bits per heavy atom. The largest absolute Gasteiger partial charge is 0.507 e. The molecule has 0 radical (unpaired) electrons. The minimum atomic E-state index is 0.341. The Bertz CT molecular complexity index is 949. The van der Waals surface area contributed by atoms with Crippen molar-refractivity contribution in [1.29, 1.82) is 0 Å². The first-order valence-corrected chi connectivity index (χ1v) is 8.13. The van der Waals surface area contributed by atoms with E-state index in [1.807, 2.05) is 72.8 Å². The third kappa shape index (κ3) is 2.46. The van der Waals surface area contributed by atoms with Crippen LogP contribution in [0.4, 0.5) is 0 Å². The van der Waals surface area contributed by atoms with Crippen molar-refractivity contribution < 1.29 is 10.2 Å². The van der Waals surface area contributed by atoms with Crippen LogP contribution >= 0.6 is 0 Å². The Morgan fingerprint density at radius 1 is 0.500 bits per heavy atom. The molecular weight excluding hydrogens is 296 g/mol. The molecule has 24 heavy (non-hydrogen) atoms. The van der Waals surface area contributed by atoms with Crippen molar-refractivity contribution in [3.63, 3.8) is 0 Å². The predicted molar refractivity (Wildman–Crippen MR) is 98.6 cm³/mol. The molecule has 0 aliphatic carbocycles. The number of rotatable bonds is 3. The molecule has 0 unspecified atom stereocenters. The van der Waals surface area contributed by atoms with Gasteiger partial charge in [0.05, 0.1) is 0 Å². The number of aryl methyl sites for hydroxylation is 2. The van der Waals surface area contributed by atoms with Crippen molar-refractivity contribution in [2.45, 2.75) is 12.8 Å². The third-order valence-electron chi connectivity index (χ3n) is 4.63. The minimum Gasteiger partial charge on any atom is -0.507 e. The van der Waals surface area contributed by atoms with E-state index >= 15 is 0 Å². The predicted octanol–water partition coefficient (Wildman–Crippen LogP) is 5.19. The summed E-state index contributed by atoms with van der Waals surface area (Å²) in [7, 11) is 0. The average Bonchev–Trinajstić information content (AvgIpc) is 2.63. The van der Waals surface area contributed by atoms with E-state index < -0.39 is 0 Å².